The Morgan fingerprint density at radius 3 is 2.79 bits per heavy atom. The minimum absolute atomic E-state index is 0.115. The van der Waals surface area contributed by atoms with Crippen LogP contribution < -0.4 is 5.32 Å². The molecule has 1 N–H and O–H groups in total. The van der Waals surface area contributed by atoms with Crippen molar-refractivity contribution < 1.29 is 4.39 Å². The molecule has 0 aromatic heterocycles. The first-order valence-corrected chi connectivity index (χ1v) is 5.57. The maximum Gasteiger partial charge on any atom is 0.126 e. The molecule has 0 saturated carbocycles. The Bertz CT molecular complexity index is 301. The molecule has 1 aromatic carbocycles. The molecule has 0 aliphatic carbocycles. The third-order valence-electron chi connectivity index (χ3n) is 2.34. The van der Waals surface area contributed by atoms with Crippen molar-refractivity contribution in [2.24, 2.45) is 0 Å². The topological polar surface area (TPSA) is 12.0 Å². The minimum Gasteiger partial charge on any atom is -0.319 e. The van der Waals surface area contributed by atoms with Gasteiger partial charge in [0.05, 0.1) is 0 Å². The summed E-state index contributed by atoms with van der Waals surface area (Å²) in [6, 6.07) is 5.10. The van der Waals surface area contributed by atoms with E-state index >= 15 is 0 Å². The predicted octanol–water partition coefficient (Wildman–Crippen LogP) is 3.30. The minimum atomic E-state index is -0.115. The summed E-state index contributed by atoms with van der Waals surface area (Å²) in [5.74, 6) is 0.132. The van der Waals surface area contributed by atoms with Gasteiger partial charge in [0, 0.05) is 11.0 Å². The molecule has 0 aliphatic rings. The van der Waals surface area contributed by atoms with Gasteiger partial charge >= 0.3 is 0 Å². The molecule has 14 heavy (non-hydrogen) atoms. The van der Waals surface area contributed by atoms with Crippen LogP contribution in [0.5, 0.6) is 0 Å². The van der Waals surface area contributed by atoms with Crippen LogP contribution in [0.3, 0.4) is 0 Å². The maximum absolute atomic E-state index is 13.5. The van der Waals surface area contributed by atoms with Gasteiger partial charge in [-0.3, -0.25) is 0 Å². The van der Waals surface area contributed by atoms with E-state index in [1.54, 1.807) is 6.07 Å². The van der Waals surface area contributed by atoms with Crippen LogP contribution in [-0.2, 0) is 0 Å². The Hall–Kier alpha value is -0.410. The maximum atomic E-state index is 13.5. The molecule has 0 heterocycles. The molecular formula is C11H15BrFN. The first-order valence-electron chi connectivity index (χ1n) is 4.78. The summed E-state index contributed by atoms with van der Waals surface area (Å²) in [6.07, 6.45) is 0.939. The van der Waals surface area contributed by atoms with Gasteiger partial charge in [0.2, 0.25) is 0 Å². The molecule has 0 radical (unpaired) electrons. The fourth-order valence-electron chi connectivity index (χ4n) is 1.55. The molecule has 1 nitrogen and oxygen atoms in total. The second-order valence-corrected chi connectivity index (χ2v) is 4.24. The Morgan fingerprint density at radius 2 is 2.21 bits per heavy atom. The Labute approximate surface area is 92.8 Å². The summed E-state index contributed by atoms with van der Waals surface area (Å²) in [5, 5.41) is 3.08. The highest BCUT2D eigenvalue weighted by Gasteiger charge is 2.13. The summed E-state index contributed by atoms with van der Waals surface area (Å²) in [5.41, 5.74) is 0.788. The highest BCUT2D eigenvalue weighted by molar-refractivity contribution is 9.10. The number of hydrogen-bond donors (Lipinski definition) is 1. The van der Waals surface area contributed by atoms with Gasteiger partial charge in [0.15, 0.2) is 0 Å². The normalized spacial score (nSPS) is 12.9. The van der Waals surface area contributed by atoms with Gasteiger partial charge < -0.3 is 5.32 Å². The summed E-state index contributed by atoms with van der Waals surface area (Å²) in [4.78, 5) is 0. The van der Waals surface area contributed by atoms with E-state index in [9.17, 15) is 4.39 Å². The number of benzene rings is 1. The molecule has 78 valence electrons. The number of likely N-dealkylation sites (N-methyl/N-ethyl adjacent to an activating group) is 1. The van der Waals surface area contributed by atoms with Crippen LogP contribution in [0.15, 0.2) is 22.7 Å². The van der Waals surface area contributed by atoms with E-state index in [4.69, 9.17) is 0 Å². The molecule has 0 saturated heterocycles. The van der Waals surface area contributed by atoms with Gasteiger partial charge in [0.25, 0.3) is 0 Å². The fourth-order valence-corrected chi connectivity index (χ4v) is 1.93. The van der Waals surface area contributed by atoms with E-state index in [0.29, 0.717) is 0 Å². The predicted molar refractivity (Wildman–Crippen MR) is 61.1 cm³/mol. The zero-order valence-corrected chi connectivity index (χ0v) is 10.1. The fraction of sp³-hybridized carbons (Fsp3) is 0.455. The second kappa shape index (κ2) is 5.47. The summed E-state index contributed by atoms with van der Waals surface area (Å²) in [7, 11) is 1.89. The Kier molecular flexibility index (Phi) is 4.55. The van der Waals surface area contributed by atoms with Crippen molar-refractivity contribution in [3.63, 3.8) is 0 Å². The van der Waals surface area contributed by atoms with Gasteiger partial charge in [-0.2, -0.15) is 0 Å². The van der Waals surface area contributed by atoms with Crippen LogP contribution in [-0.4, -0.2) is 13.6 Å². The number of hydrogen-bond acceptors (Lipinski definition) is 1. The molecule has 0 spiro atoms. The van der Waals surface area contributed by atoms with Crippen molar-refractivity contribution in [2.75, 3.05) is 13.6 Å². The lowest BCUT2D eigenvalue weighted by atomic mass is 9.96. The SMILES string of the molecule is CCC(CNC)c1cc(Br)ccc1F. The van der Waals surface area contributed by atoms with Crippen LogP contribution in [0.2, 0.25) is 0 Å². The average molecular weight is 260 g/mol. The number of nitrogens with one attached hydrogen (secondary N) is 1. The summed E-state index contributed by atoms with van der Waals surface area (Å²) >= 11 is 3.36. The van der Waals surface area contributed by atoms with Crippen molar-refractivity contribution in [1.29, 1.82) is 0 Å². The third-order valence-corrected chi connectivity index (χ3v) is 2.83. The van der Waals surface area contributed by atoms with Crippen molar-refractivity contribution in [1.82, 2.24) is 5.32 Å². The molecule has 0 fully saturated rings. The third kappa shape index (κ3) is 2.79. The zero-order valence-electron chi connectivity index (χ0n) is 8.48. The first-order chi connectivity index (χ1) is 6.69. The molecule has 1 unspecified atom stereocenters. The molecule has 0 bridgehead atoms. The molecule has 0 amide bonds. The molecule has 0 aliphatic heterocycles. The number of rotatable bonds is 4. The molecule has 3 heteroatoms. The van der Waals surface area contributed by atoms with Gasteiger partial charge in [-0.1, -0.05) is 22.9 Å². The van der Waals surface area contributed by atoms with Crippen molar-refractivity contribution in [2.45, 2.75) is 19.3 Å². The first kappa shape index (κ1) is 11.7. The second-order valence-electron chi connectivity index (χ2n) is 3.33. The standard InChI is InChI=1S/C11H15BrFN/c1-3-8(7-14-2)10-6-9(12)4-5-11(10)13/h4-6,8,14H,3,7H2,1-2H3. The Morgan fingerprint density at radius 1 is 1.50 bits per heavy atom. The van der Waals surface area contributed by atoms with E-state index in [-0.39, 0.29) is 11.7 Å². The molecule has 1 rings (SSSR count). The highest BCUT2D eigenvalue weighted by Crippen LogP contribution is 2.25. The average Bonchev–Trinajstić information content (AvgIpc) is 2.18. The van der Waals surface area contributed by atoms with Crippen molar-refractivity contribution in [3.8, 4) is 0 Å². The van der Waals surface area contributed by atoms with Crippen LogP contribution in [0.4, 0.5) is 4.39 Å². The van der Waals surface area contributed by atoms with Gasteiger partial charge in [-0.15, -0.1) is 0 Å². The van der Waals surface area contributed by atoms with E-state index in [1.165, 1.54) is 6.07 Å². The van der Waals surface area contributed by atoms with E-state index in [0.717, 1.165) is 23.0 Å². The smallest absolute Gasteiger partial charge is 0.126 e. The lowest BCUT2D eigenvalue weighted by Crippen LogP contribution is -2.17. The van der Waals surface area contributed by atoms with E-state index in [1.807, 2.05) is 13.1 Å². The van der Waals surface area contributed by atoms with Gasteiger partial charge in [-0.25, -0.2) is 4.39 Å². The van der Waals surface area contributed by atoms with E-state index < -0.39 is 0 Å². The molecular weight excluding hydrogens is 245 g/mol. The number of halogens is 2. The zero-order chi connectivity index (χ0) is 10.6. The summed E-state index contributed by atoms with van der Waals surface area (Å²) < 4.78 is 14.4. The van der Waals surface area contributed by atoms with Gasteiger partial charge in [-0.05, 0) is 43.1 Å². The van der Waals surface area contributed by atoms with E-state index in [2.05, 4.69) is 28.2 Å². The Balaban J connectivity index is 2.96. The van der Waals surface area contributed by atoms with Gasteiger partial charge in [0.1, 0.15) is 5.82 Å². The van der Waals surface area contributed by atoms with Crippen LogP contribution in [0.1, 0.15) is 24.8 Å². The van der Waals surface area contributed by atoms with Crippen LogP contribution in [0.25, 0.3) is 0 Å². The monoisotopic (exact) mass is 259 g/mol. The van der Waals surface area contributed by atoms with Crippen LogP contribution >= 0.6 is 15.9 Å². The van der Waals surface area contributed by atoms with Crippen LogP contribution in [0, 0.1) is 5.82 Å². The molecule has 1 aromatic rings. The quantitative estimate of drug-likeness (QED) is 0.875. The summed E-state index contributed by atoms with van der Waals surface area (Å²) in [6.45, 7) is 2.88. The molecule has 1 atom stereocenters. The largest absolute Gasteiger partial charge is 0.319 e. The lowest BCUT2D eigenvalue weighted by Gasteiger charge is -2.15. The highest BCUT2D eigenvalue weighted by atomic mass is 79.9. The lowest BCUT2D eigenvalue weighted by molar-refractivity contribution is 0.549. The van der Waals surface area contributed by atoms with Crippen molar-refractivity contribution >= 4 is 15.9 Å². The van der Waals surface area contributed by atoms with Crippen molar-refractivity contribution in [3.05, 3.63) is 34.1 Å².